The number of aromatic nitrogens is 3. The van der Waals surface area contributed by atoms with Crippen molar-refractivity contribution in [2.24, 2.45) is 4.99 Å². The van der Waals surface area contributed by atoms with Crippen LogP contribution < -0.4 is 11.1 Å². The van der Waals surface area contributed by atoms with E-state index in [4.69, 9.17) is 5.73 Å². The number of hydrogen-bond acceptors (Lipinski definition) is 6. The van der Waals surface area contributed by atoms with E-state index in [1.807, 2.05) is 25.1 Å². The minimum absolute atomic E-state index is 0.0150. The lowest BCUT2D eigenvalue weighted by Crippen LogP contribution is -2.14. The van der Waals surface area contributed by atoms with Crippen molar-refractivity contribution in [3.05, 3.63) is 29.0 Å². The van der Waals surface area contributed by atoms with Crippen LogP contribution in [-0.4, -0.2) is 33.9 Å². The fraction of sp³-hybridized carbons (Fsp3) is 0.375. The highest BCUT2D eigenvalue weighted by Crippen LogP contribution is 2.36. The van der Waals surface area contributed by atoms with E-state index in [0.717, 1.165) is 10.2 Å². The lowest BCUT2D eigenvalue weighted by molar-refractivity contribution is -0.136. The molecule has 0 spiro atoms. The molecule has 0 aliphatic rings. The first-order valence-corrected chi connectivity index (χ1v) is 7.72. The van der Waals surface area contributed by atoms with Gasteiger partial charge in [-0.3, -0.25) is 4.99 Å². The maximum atomic E-state index is 13.3. The maximum Gasteiger partial charge on any atom is 0.421 e. The molecular formula is C16H18F3N7. The van der Waals surface area contributed by atoms with E-state index in [0.29, 0.717) is 13.0 Å². The smallest absolute Gasteiger partial charge is 0.382 e. The van der Waals surface area contributed by atoms with Crippen LogP contribution in [0.5, 0.6) is 0 Å². The Morgan fingerprint density at radius 2 is 2.15 bits per heavy atom. The third-order valence-electron chi connectivity index (χ3n) is 3.69. The second-order valence-electron chi connectivity index (χ2n) is 5.42. The topological polar surface area (TPSA) is 104 Å². The fourth-order valence-electron chi connectivity index (χ4n) is 2.52. The normalized spacial score (nSPS) is 12.7. The van der Waals surface area contributed by atoms with Crippen LogP contribution in [0.1, 0.15) is 30.2 Å². The van der Waals surface area contributed by atoms with Gasteiger partial charge in [0, 0.05) is 25.7 Å². The molecule has 0 aliphatic carbocycles. The van der Waals surface area contributed by atoms with Crippen molar-refractivity contribution in [3.63, 3.8) is 0 Å². The Labute approximate surface area is 148 Å². The zero-order valence-electron chi connectivity index (χ0n) is 14.5. The summed E-state index contributed by atoms with van der Waals surface area (Å²) in [6, 6.07) is 1.86. The third kappa shape index (κ3) is 3.61. The number of nitrogens with two attached hydrogens (primary N) is 1. The van der Waals surface area contributed by atoms with Crippen molar-refractivity contribution in [1.29, 1.82) is 5.26 Å². The number of anilines is 2. The summed E-state index contributed by atoms with van der Waals surface area (Å²) in [5.74, 6) is -0.213. The van der Waals surface area contributed by atoms with Gasteiger partial charge >= 0.3 is 6.18 Å². The van der Waals surface area contributed by atoms with Gasteiger partial charge in [-0.15, -0.1) is 0 Å². The lowest BCUT2D eigenvalue weighted by Gasteiger charge is -2.11. The number of nitrogen functional groups attached to an aromatic ring is 1. The minimum Gasteiger partial charge on any atom is -0.382 e. The Morgan fingerprint density at radius 1 is 1.46 bits per heavy atom. The number of nitrogens with zero attached hydrogens (tertiary/aromatic N) is 5. The number of aliphatic imine (C=N–C) groups is 1. The highest BCUT2D eigenvalue weighted by atomic mass is 19.4. The van der Waals surface area contributed by atoms with E-state index in [-0.39, 0.29) is 22.9 Å². The number of nitrogens with one attached hydrogen (secondary N) is 1. The van der Waals surface area contributed by atoms with E-state index in [2.05, 4.69) is 20.4 Å². The van der Waals surface area contributed by atoms with E-state index in [1.165, 1.54) is 6.92 Å². The molecule has 7 nitrogen and oxygen atoms in total. The quantitative estimate of drug-likeness (QED) is 0.793. The van der Waals surface area contributed by atoms with Crippen LogP contribution >= 0.6 is 0 Å². The average Bonchev–Trinajstić information content (AvgIpc) is 2.90. The van der Waals surface area contributed by atoms with Gasteiger partial charge in [-0.2, -0.15) is 28.0 Å². The zero-order chi connectivity index (χ0) is 19.5. The van der Waals surface area contributed by atoms with Gasteiger partial charge in [-0.25, -0.2) is 4.98 Å². The number of hydrogen-bond donors (Lipinski definition) is 2. The molecule has 2 aromatic heterocycles. The molecule has 2 aromatic rings. The summed E-state index contributed by atoms with van der Waals surface area (Å²) in [4.78, 5) is 8.06. The Morgan fingerprint density at radius 3 is 2.69 bits per heavy atom. The molecule has 0 saturated carbocycles. The molecule has 0 amide bonds. The summed E-state index contributed by atoms with van der Waals surface area (Å²) >= 11 is 0. The summed E-state index contributed by atoms with van der Waals surface area (Å²) in [7, 11) is 1.64. The molecular weight excluding hydrogens is 347 g/mol. The summed E-state index contributed by atoms with van der Waals surface area (Å²) in [5.41, 5.74) is 4.92. The predicted octanol–water partition coefficient (Wildman–Crippen LogP) is 2.96. The van der Waals surface area contributed by atoms with E-state index < -0.39 is 17.4 Å². The molecule has 0 aromatic carbocycles. The highest BCUT2D eigenvalue weighted by Gasteiger charge is 2.38. The Balaban J connectivity index is 2.48. The van der Waals surface area contributed by atoms with E-state index >= 15 is 0 Å². The molecule has 0 fully saturated rings. The summed E-state index contributed by atoms with van der Waals surface area (Å²) in [6.45, 7) is 3.39. The van der Waals surface area contributed by atoms with Crippen molar-refractivity contribution in [1.82, 2.24) is 14.6 Å². The Kier molecular flexibility index (Phi) is 5.50. The molecule has 0 atom stereocenters. The average molecular weight is 365 g/mol. The summed E-state index contributed by atoms with van der Waals surface area (Å²) in [6.07, 6.45) is -0.483. The Bertz CT molecular complexity index is 917. The number of nitriles is 1. The maximum absolute atomic E-state index is 13.3. The SMILES string of the molecule is C/C=C\C(CCNc1nc2c(C(F)(F)F)c(C)nn2c(N)c1C#N)=NC. The first kappa shape index (κ1) is 19.2. The molecule has 2 heterocycles. The van der Waals surface area contributed by atoms with Gasteiger partial charge in [0.1, 0.15) is 28.8 Å². The van der Waals surface area contributed by atoms with Crippen LogP contribution in [0.3, 0.4) is 0 Å². The van der Waals surface area contributed by atoms with Crippen molar-refractivity contribution >= 4 is 23.0 Å². The van der Waals surface area contributed by atoms with E-state index in [9.17, 15) is 18.4 Å². The number of fused-ring (bicyclic) bond motifs is 1. The van der Waals surface area contributed by atoms with Gasteiger partial charge < -0.3 is 11.1 Å². The molecule has 0 radical (unpaired) electrons. The van der Waals surface area contributed by atoms with Gasteiger partial charge in [0.05, 0.1) is 5.69 Å². The number of rotatable bonds is 5. The third-order valence-corrected chi connectivity index (χ3v) is 3.69. The number of halogens is 3. The van der Waals surface area contributed by atoms with Crippen molar-refractivity contribution in [2.75, 3.05) is 24.6 Å². The first-order chi connectivity index (χ1) is 12.2. The van der Waals surface area contributed by atoms with Gasteiger partial charge in [0.2, 0.25) is 0 Å². The van der Waals surface area contributed by atoms with Crippen LogP contribution in [0.4, 0.5) is 24.8 Å². The number of aryl methyl sites for hydroxylation is 1. The monoisotopic (exact) mass is 365 g/mol. The molecule has 2 rings (SSSR count). The van der Waals surface area contributed by atoms with Gasteiger partial charge in [-0.05, 0) is 19.9 Å². The van der Waals surface area contributed by atoms with Crippen LogP contribution in [0.2, 0.25) is 0 Å². The highest BCUT2D eigenvalue weighted by molar-refractivity contribution is 5.95. The number of alkyl halides is 3. The molecule has 0 unspecified atom stereocenters. The van der Waals surface area contributed by atoms with E-state index in [1.54, 1.807) is 7.05 Å². The van der Waals surface area contributed by atoms with Crippen molar-refractivity contribution in [2.45, 2.75) is 26.4 Å². The number of allylic oxidation sites excluding steroid dienone is 2. The molecule has 3 N–H and O–H groups in total. The molecule has 10 heteroatoms. The first-order valence-electron chi connectivity index (χ1n) is 7.72. The fourth-order valence-corrected chi connectivity index (χ4v) is 2.52. The largest absolute Gasteiger partial charge is 0.421 e. The van der Waals surface area contributed by atoms with Crippen LogP contribution in [-0.2, 0) is 6.18 Å². The predicted molar refractivity (Wildman–Crippen MR) is 93.1 cm³/mol. The van der Waals surface area contributed by atoms with Crippen LogP contribution in [0.15, 0.2) is 17.1 Å². The van der Waals surface area contributed by atoms with Gasteiger partial charge in [0.15, 0.2) is 5.65 Å². The Hall–Kier alpha value is -3.09. The van der Waals surface area contributed by atoms with Crippen LogP contribution in [0.25, 0.3) is 5.65 Å². The molecule has 26 heavy (non-hydrogen) atoms. The van der Waals surface area contributed by atoms with Gasteiger partial charge in [0.25, 0.3) is 0 Å². The zero-order valence-corrected chi connectivity index (χ0v) is 14.5. The lowest BCUT2D eigenvalue weighted by atomic mass is 10.2. The molecule has 0 aliphatic heterocycles. The summed E-state index contributed by atoms with van der Waals surface area (Å²) in [5, 5.41) is 16.0. The standard InChI is InChI=1S/C16H18F3N7/c1-4-5-10(22-3)6-7-23-14-11(8-20)13(21)26-15(24-14)12(9(2)25-26)16(17,18)19/h4-5H,6-7,21H2,1-3H3,(H,23,24)/b5-4-,22-10?. The summed E-state index contributed by atoms with van der Waals surface area (Å²) < 4.78 is 40.8. The van der Waals surface area contributed by atoms with Crippen LogP contribution in [0, 0.1) is 18.3 Å². The van der Waals surface area contributed by atoms with Crippen molar-refractivity contribution < 1.29 is 13.2 Å². The second-order valence-corrected chi connectivity index (χ2v) is 5.42. The minimum atomic E-state index is -4.63. The molecule has 0 saturated heterocycles. The molecule has 138 valence electrons. The second kappa shape index (κ2) is 7.43. The molecule has 0 bridgehead atoms. The van der Waals surface area contributed by atoms with Gasteiger partial charge in [-0.1, -0.05) is 6.08 Å². The van der Waals surface area contributed by atoms with Crippen molar-refractivity contribution in [3.8, 4) is 6.07 Å².